The monoisotopic (exact) mass is 566 g/mol. The van der Waals surface area contributed by atoms with Crippen molar-refractivity contribution in [1.29, 1.82) is 0 Å². The number of aliphatic hydroxyl groups excluding tert-OH is 1. The van der Waals surface area contributed by atoms with E-state index in [0.29, 0.717) is 19.3 Å². The Balaban J connectivity index is 1.66. The molecule has 1 aliphatic rings. The molecule has 0 radical (unpaired) electrons. The molecular weight excluding hydrogens is 524 g/mol. The second-order valence-corrected chi connectivity index (χ2v) is 12.5. The first kappa shape index (κ1) is 31.3. The number of hydrogen-bond acceptors (Lipinski definition) is 6. The number of aromatic nitrogens is 1. The Morgan fingerprint density at radius 2 is 1.88 bits per heavy atom. The van der Waals surface area contributed by atoms with E-state index >= 15 is 0 Å². The summed E-state index contributed by atoms with van der Waals surface area (Å²) in [6.07, 6.45) is 8.00. The first-order chi connectivity index (χ1) is 18.9. The summed E-state index contributed by atoms with van der Waals surface area (Å²) in [6, 6.07) is 6.03. The van der Waals surface area contributed by atoms with Crippen molar-refractivity contribution in [1.82, 2.24) is 20.5 Å². The zero-order chi connectivity index (χ0) is 29.4. The number of nitrogens with zero attached hydrogens (tertiary/aromatic N) is 2. The number of nitrogens with one attached hydrogen (secondary N) is 2. The van der Waals surface area contributed by atoms with Crippen molar-refractivity contribution in [2.45, 2.75) is 97.4 Å². The highest BCUT2D eigenvalue weighted by Gasteiger charge is 2.44. The summed E-state index contributed by atoms with van der Waals surface area (Å²) in [5.74, 6) is 1.70. The minimum Gasteiger partial charge on any atom is -0.391 e. The third-order valence-corrected chi connectivity index (χ3v) is 8.26. The molecule has 0 aliphatic carbocycles. The lowest BCUT2D eigenvalue weighted by atomic mass is 9.85. The zero-order valence-electron chi connectivity index (χ0n) is 24.2. The smallest absolute Gasteiger partial charge is 0.246 e. The fourth-order valence-electron chi connectivity index (χ4n) is 4.94. The van der Waals surface area contributed by atoms with Gasteiger partial charge < -0.3 is 20.6 Å². The van der Waals surface area contributed by atoms with Crippen molar-refractivity contribution in [2.24, 2.45) is 5.41 Å². The van der Waals surface area contributed by atoms with Gasteiger partial charge in [-0.3, -0.25) is 14.4 Å². The Morgan fingerprint density at radius 1 is 1.18 bits per heavy atom. The highest BCUT2D eigenvalue weighted by atomic mass is 32.1. The Kier molecular flexibility index (Phi) is 10.9. The second-order valence-electron chi connectivity index (χ2n) is 11.6. The number of terminal acetylenes is 1. The van der Waals surface area contributed by atoms with Crippen molar-refractivity contribution in [3.63, 3.8) is 0 Å². The Labute approximate surface area is 242 Å². The largest absolute Gasteiger partial charge is 0.391 e. The number of carbonyl (C=O) groups is 3. The normalized spacial score (nSPS) is 18.6. The molecule has 4 atom stereocenters. The number of benzene rings is 1. The van der Waals surface area contributed by atoms with Crippen molar-refractivity contribution in [3.05, 3.63) is 41.0 Å². The van der Waals surface area contributed by atoms with Gasteiger partial charge in [-0.2, -0.15) is 0 Å². The number of β-amino-alcohol motifs (C(OH)–C–C–N with tert-alkyl or cyclic N) is 1. The number of likely N-dealkylation sites (tertiary alicyclic amines) is 1. The summed E-state index contributed by atoms with van der Waals surface area (Å²) in [7, 11) is 0. The average molecular weight is 567 g/mol. The molecule has 8 nitrogen and oxygen atoms in total. The van der Waals surface area contributed by atoms with E-state index in [0.717, 1.165) is 34.5 Å². The number of thiazole rings is 1. The van der Waals surface area contributed by atoms with E-state index in [2.05, 4.69) is 21.5 Å². The molecule has 2 aromatic rings. The summed E-state index contributed by atoms with van der Waals surface area (Å²) in [5, 5.41) is 16.4. The van der Waals surface area contributed by atoms with Crippen LogP contribution in [-0.2, 0) is 14.4 Å². The van der Waals surface area contributed by atoms with Crippen LogP contribution in [0.15, 0.2) is 29.8 Å². The van der Waals surface area contributed by atoms with Crippen LogP contribution in [0.5, 0.6) is 0 Å². The van der Waals surface area contributed by atoms with Crippen molar-refractivity contribution < 1.29 is 19.5 Å². The fraction of sp³-hybridized carbons (Fsp3) is 0.548. The molecule has 1 aliphatic heterocycles. The quantitative estimate of drug-likeness (QED) is 0.276. The van der Waals surface area contributed by atoms with Crippen LogP contribution in [-0.4, -0.2) is 57.4 Å². The number of aliphatic hydroxyl groups is 1. The number of hydrogen-bond donors (Lipinski definition) is 3. The first-order valence-electron chi connectivity index (χ1n) is 13.9. The second kappa shape index (κ2) is 13.9. The first-order valence-corrected chi connectivity index (χ1v) is 14.8. The molecule has 0 saturated carbocycles. The van der Waals surface area contributed by atoms with Gasteiger partial charge in [0.15, 0.2) is 0 Å². The molecule has 3 N–H and O–H groups in total. The van der Waals surface area contributed by atoms with E-state index in [-0.39, 0.29) is 36.7 Å². The standard InChI is InChI=1S/C31H42N4O4S/c1-7-8-9-10-11-12-26(37)34-28(31(4,5)6)30(39)35-18-24(36)17-25(35)29(38)33-20(2)22-13-15-23(16-14-22)27-21(3)32-19-40-27/h1,13-16,19-20,24-25,28,36H,8-12,17-18H2,2-6H3,(H,33,38)(H,34,37)/t20?,24-,25+,28?/m1/s1. The number of aryl methyl sites for hydroxylation is 1. The number of unbranched alkanes of at least 4 members (excludes halogenated alkanes) is 3. The van der Waals surface area contributed by atoms with Crippen molar-refractivity contribution >= 4 is 29.1 Å². The average Bonchev–Trinajstić information content (AvgIpc) is 3.51. The molecule has 3 rings (SSSR count). The minimum absolute atomic E-state index is 0.0444. The molecule has 2 unspecified atom stereocenters. The van der Waals surface area contributed by atoms with E-state index in [1.165, 1.54) is 4.90 Å². The van der Waals surface area contributed by atoms with Gasteiger partial charge in [-0.15, -0.1) is 23.7 Å². The molecule has 0 spiro atoms. The molecule has 2 heterocycles. The van der Waals surface area contributed by atoms with Crippen molar-refractivity contribution in [2.75, 3.05) is 6.54 Å². The van der Waals surface area contributed by atoms with Crippen LogP contribution in [0.25, 0.3) is 10.4 Å². The molecular formula is C31H42N4O4S. The molecule has 3 amide bonds. The SMILES string of the molecule is C#CCCCCCC(=O)NC(C(=O)N1C[C@H](O)C[C@H]1C(=O)NC(C)c1ccc(-c2scnc2C)cc1)C(C)(C)C. The lowest BCUT2D eigenvalue weighted by Crippen LogP contribution is -2.57. The van der Waals surface area contributed by atoms with Gasteiger partial charge in [-0.1, -0.05) is 51.5 Å². The van der Waals surface area contributed by atoms with Gasteiger partial charge in [0, 0.05) is 25.8 Å². The van der Waals surface area contributed by atoms with Gasteiger partial charge in [-0.25, -0.2) is 4.98 Å². The van der Waals surface area contributed by atoms with E-state index in [1.54, 1.807) is 11.3 Å². The highest BCUT2D eigenvalue weighted by molar-refractivity contribution is 7.13. The Hall–Kier alpha value is -3.22. The van der Waals surface area contributed by atoms with E-state index in [4.69, 9.17) is 6.42 Å². The Bertz CT molecular complexity index is 1210. The molecule has 40 heavy (non-hydrogen) atoms. The predicted octanol–water partition coefficient (Wildman–Crippen LogP) is 4.37. The maximum Gasteiger partial charge on any atom is 0.246 e. The molecule has 1 aromatic carbocycles. The van der Waals surface area contributed by atoms with Gasteiger partial charge in [-0.05, 0) is 43.2 Å². The van der Waals surface area contributed by atoms with Crippen LogP contribution < -0.4 is 10.6 Å². The summed E-state index contributed by atoms with van der Waals surface area (Å²) in [5.41, 5.74) is 4.21. The molecule has 1 saturated heterocycles. The topological polar surface area (TPSA) is 112 Å². The minimum atomic E-state index is -0.827. The van der Waals surface area contributed by atoms with Crippen LogP contribution in [0.3, 0.4) is 0 Å². The molecule has 0 bridgehead atoms. The molecule has 1 fully saturated rings. The molecule has 1 aromatic heterocycles. The van der Waals surface area contributed by atoms with Crippen molar-refractivity contribution in [3.8, 4) is 22.8 Å². The molecule has 216 valence electrons. The van der Waals surface area contributed by atoms with E-state index < -0.39 is 23.6 Å². The summed E-state index contributed by atoms with van der Waals surface area (Å²) in [6.45, 7) is 9.55. The van der Waals surface area contributed by atoms with Crippen LogP contribution in [0.4, 0.5) is 0 Å². The number of amides is 3. The maximum atomic E-state index is 13.7. The van der Waals surface area contributed by atoms with Gasteiger partial charge in [0.1, 0.15) is 12.1 Å². The lowest BCUT2D eigenvalue weighted by Gasteiger charge is -2.35. The number of carbonyl (C=O) groups excluding carboxylic acids is 3. The van der Waals surface area contributed by atoms with Crippen LogP contribution >= 0.6 is 11.3 Å². The highest BCUT2D eigenvalue weighted by Crippen LogP contribution is 2.29. The van der Waals surface area contributed by atoms with Gasteiger partial charge in [0.05, 0.1) is 28.2 Å². The maximum absolute atomic E-state index is 13.7. The van der Waals surface area contributed by atoms with Gasteiger partial charge in [0.2, 0.25) is 17.7 Å². The summed E-state index contributed by atoms with van der Waals surface area (Å²) >= 11 is 1.59. The van der Waals surface area contributed by atoms with E-state index in [9.17, 15) is 19.5 Å². The Morgan fingerprint density at radius 3 is 2.48 bits per heavy atom. The van der Waals surface area contributed by atoms with Gasteiger partial charge in [0.25, 0.3) is 0 Å². The molecule has 9 heteroatoms. The third-order valence-electron chi connectivity index (χ3n) is 7.29. The fourth-order valence-corrected chi connectivity index (χ4v) is 5.75. The van der Waals surface area contributed by atoms with Crippen LogP contribution in [0.2, 0.25) is 0 Å². The van der Waals surface area contributed by atoms with Crippen LogP contribution in [0, 0.1) is 24.7 Å². The third kappa shape index (κ3) is 8.15. The zero-order valence-corrected chi connectivity index (χ0v) is 25.0. The van der Waals surface area contributed by atoms with Gasteiger partial charge >= 0.3 is 0 Å². The predicted molar refractivity (Wildman–Crippen MR) is 158 cm³/mol. The van der Waals surface area contributed by atoms with E-state index in [1.807, 2.05) is 64.4 Å². The number of rotatable bonds is 11. The summed E-state index contributed by atoms with van der Waals surface area (Å²) < 4.78 is 0. The summed E-state index contributed by atoms with van der Waals surface area (Å²) in [4.78, 5) is 46.7. The van der Waals surface area contributed by atoms with Crippen LogP contribution in [0.1, 0.15) is 83.5 Å². The lowest BCUT2D eigenvalue weighted by molar-refractivity contribution is -0.144.